The Balaban J connectivity index is 2.25. The predicted octanol–water partition coefficient (Wildman–Crippen LogP) is 1.58. The van der Waals surface area contributed by atoms with Crippen LogP contribution in [0.5, 0.6) is 0 Å². The average molecular weight is 187 g/mol. The maximum atomic E-state index is 5.47. The number of hydrogen-bond donors (Lipinski definition) is 2. The van der Waals surface area contributed by atoms with Crippen LogP contribution in [0.15, 0.2) is 36.7 Å². The maximum absolute atomic E-state index is 5.47. The molecule has 0 unspecified atom stereocenters. The first-order valence-electron chi connectivity index (χ1n) is 4.69. The summed E-state index contributed by atoms with van der Waals surface area (Å²) in [6.45, 7) is 0.669. The third-order valence-corrected chi connectivity index (χ3v) is 2.12. The molecule has 0 aliphatic rings. The van der Waals surface area contributed by atoms with Crippen LogP contribution in [0.1, 0.15) is 5.69 Å². The summed E-state index contributed by atoms with van der Waals surface area (Å²) in [5.74, 6) is 0. The van der Waals surface area contributed by atoms with Crippen molar-refractivity contribution in [3.05, 3.63) is 42.4 Å². The molecule has 3 nitrogen and oxygen atoms in total. The third-order valence-electron chi connectivity index (χ3n) is 2.12. The molecule has 0 saturated heterocycles. The van der Waals surface area contributed by atoms with Crippen LogP contribution in [0, 0.1) is 0 Å². The molecule has 2 rings (SSSR count). The smallest absolute Gasteiger partial charge is 0.0717 e. The normalized spacial score (nSPS) is 10.4. The molecule has 2 aromatic heterocycles. The van der Waals surface area contributed by atoms with Gasteiger partial charge in [0.1, 0.15) is 0 Å². The second-order valence-corrected chi connectivity index (χ2v) is 3.17. The molecular formula is C11H13N3. The van der Waals surface area contributed by atoms with Crippen LogP contribution in [0.2, 0.25) is 0 Å². The van der Waals surface area contributed by atoms with Gasteiger partial charge in [-0.25, -0.2) is 0 Å². The standard InChI is InChI=1S/C11H13N3/c12-5-4-10-7-9(8-14-10)11-3-1-2-6-13-11/h1-3,6-8,14H,4-5,12H2. The summed E-state index contributed by atoms with van der Waals surface area (Å²) in [5.41, 5.74) is 8.75. The lowest BCUT2D eigenvalue weighted by Gasteiger charge is -1.93. The van der Waals surface area contributed by atoms with Crippen LogP contribution in [0.4, 0.5) is 0 Å². The molecule has 0 fully saturated rings. The van der Waals surface area contributed by atoms with Gasteiger partial charge < -0.3 is 10.7 Å². The van der Waals surface area contributed by atoms with E-state index in [4.69, 9.17) is 5.73 Å². The monoisotopic (exact) mass is 187 g/mol. The van der Waals surface area contributed by atoms with Crippen molar-refractivity contribution in [1.82, 2.24) is 9.97 Å². The summed E-state index contributed by atoms with van der Waals surface area (Å²) in [4.78, 5) is 7.46. The zero-order valence-corrected chi connectivity index (χ0v) is 7.90. The minimum absolute atomic E-state index is 0.669. The number of aromatic nitrogens is 2. The largest absolute Gasteiger partial charge is 0.364 e. The molecule has 0 spiro atoms. The third kappa shape index (κ3) is 1.83. The lowest BCUT2D eigenvalue weighted by atomic mass is 10.2. The molecule has 0 radical (unpaired) electrons. The van der Waals surface area contributed by atoms with Crippen molar-refractivity contribution >= 4 is 0 Å². The van der Waals surface area contributed by atoms with Crippen LogP contribution in [-0.2, 0) is 6.42 Å². The Labute approximate surface area is 83.0 Å². The van der Waals surface area contributed by atoms with E-state index in [1.165, 1.54) is 0 Å². The van der Waals surface area contributed by atoms with Crippen LogP contribution >= 0.6 is 0 Å². The summed E-state index contributed by atoms with van der Waals surface area (Å²) in [7, 11) is 0. The Morgan fingerprint density at radius 1 is 1.36 bits per heavy atom. The Morgan fingerprint density at radius 2 is 2.29 bits per heavy atom. The zero-order valence-electron chi connectivity index (χ0n) is 7.90. The number of hydrogen-bond acceptors (Lipinski definition) is 2. The number of nitrogens with two attached hydrogens (primary N) is 1. The summed E-state index contributed by atoms with van der Waals surface area (Å²) < 4.78 is 0. The van der Waals surface area contributed by atoms with Crippen LogP contribution < -0.4 is 5.73 Å². The molecule has 0 saturated carbocycles. The van der Waals surface area contributed by atoms with Gasteiger partial charge in [0.05, 0.1) is 5.69 Å². The van der Waals surface area contributed by atoms with E-state index < -0.39 is 0 Å². The van der Waals surface area contributed by atoms with Gasteiger partial charge in [-0.3, -0.25) is 4.98 Å². The second kappa shape index (κ2) is 4.07. The highest BCUT2D eigenvalue weighted by molar-refractivity contribution is 5.58. The van der Waals surface area contributed by atoms with Gasteiger partial charge in [0.15, 0.2) is 0 Å². The Kier molecular flexibility index (Phi) is 2.60. The van der Waals surface area contributed by atoms with Crippen molar-refractivity contribution < 1.29 is 0 Å². The SMILES string of the molecule is NCCc1cc(-c2ccccn2)c[nH]1. The molecule has 0 aliphatic carbocycles. The molecule has 2 heterocycles. The molecule has 3 N–H and O–H groups in total. The van der Waals surface area contributed by atoms with Crippen LogP contribution in [0.3, 0.4) is 0 Å². The first kappa shape index (κ1) is 8.97. The molecule has 3 heteroatoms. The lowest BCUT2D eigenvalue weighted by Crippen LogP contribution is -2.02. The molecule has 0 atom stereocenters. The fraction of sp³-hybridized carbons (Fsp3) is 0.182. The summed E-state index contributed by atoms with van der Waals surface area (Å²) in [6.07, 6.45) is 4.64. The van der Waals surface area contributed by atoms with E-state index in [2.05, 4.69) is 16.0 Å². The minimum atomic E-state index is 0.669. The van der Waals surface area contributed by atoms with Gasteiger partial charge in [-0.2, -0.15) is 0 Å². The number of rotatable bonds is 3. The summed E-state index contributed by atoms with van der Waals surface area (Å²) >= 11 is 0. The van der Waals surface area contributed by atoms with Gasteiger partial charge >= 0.3 is 0 Å². The molecule has 0 aliphatic heterocycles. The van der Waals surface area contributed by atoms with Crippen molar-refractivity contribution in [2.45, 2.75) is 6.42 Å². The zero-order chi connectivity index (χ0) is 9.80. The van der Waals surface area contributed by atoms with Crippen molar-refractivity contribution in [3.63, 3.8) is 0 Å². The molecule has 14 heavy (non-hydrogen) atoms. The Morgan fingerprint density at radius 3 is 3.00 bits per heavy atom. The molecular weight excluding hydrogens is 174 g/mol. The number of aromatic amines is 1. The second-order valence-electron chi connectivity index (χ2n) is 3.17. The van der Waals surface area contributed by atoms with Gasteiger partial charge in [-0.1, -0.05) is 6.07 Å². The van der Waals surface area contributed by atoms with Crippen molar-refractivity contribution in [2.75, 3.05) is 6.54 Å². The molecule has 0 aromatic carbocycles. The Hall–Kier alpha value is -1.61. The van der Waals surface area contributed by atoms with Crippen LogP contribution in [-0.4, -0.2) is 16.5 Å². The topological polar surface area (TPSA) is 54.7 Å². The Bertz CT molecular complexity index is 392. The van der Waals surface area contributed by atoms with Gasteiger partial charge in [0.25, 0.3) is 0 Å². The predicted molar refractivity (Wildman–Crippen MR) is 56.8 cm³/mol. The van der Waals surface area contributed by atoms with Gasteiger partial charge in [-0.05, 0) is 31.2 Å². The highest BCUT2D eigenvalue weighted by Gasteiger charge is 2.01. The number of pyridine rings is 1. The summed E-state index contributed by atoms with van der Waals surface area (Å²) in [5, 5.41) is 0. The quantitative estimate of drug-likeness (QED) is 0.766. The molecule has 0 bridgehead atoms. The van der Waals surface area contributed by atoms with Gasteiger partial charge in [0, 0.05) is 23.7 Å². The van der Waals surface area contributed by atoms with E-state index in [1.807, 2.05) is 24.4 Å². The highest BCUT2D eigenvalue weighted by atomic mass is 14.7. The number of H-pyrrole nitrogens is 1. The van der Waals surface area contributed by atoms with E-state index in [1.54, 1.807) is 6.20 Å². The van der Waals surface area contributed by atoms with Gasteiger partial charge in [0.2, 0.25) is 0 Å². The van der Waals surface area contributed by atoms with E-state index in [0.29, 0.717) is 6.54 Å². The molecule has 72 valence electrons. The van der Waals surface area contributed by atoms with Gasteiger partial charge in [-0.15, -0.1) is 0 Å². The van der Waals surface area contributed by atoms with Crippen molar-refractivity contribution in [1.29, 1.82) is 0 Å². The maximum Gasteiger partial charge on any atom is 0.0717 e. The highest BCUT2D eigenvalue weighted by Crippen LogP contribution is 2.17. The lowest BCUT2D eigenvalue weighted by molar-refractivity contribution is 0.935. The fourth-order valence-corrected chi connectivity index (χ4v) is 1.42. The van der Waals surface area contributed by atoms with E-state index in [-0.39, 0.29) is 0 Å². The minimum Gasteiger partial charge on any atom is -0.364 e. The average Bonchev–Trinajstić information content (AvgIpc) is 2.68. The summed E-state index contributed by atoms with van der Waals surface area (Å²) in [6, 6.07) is 7.99. The van der Waals surface area contributed by atoms with E-state index >= 15 is 0 Å². The van der Waals surface area contributed by atoms with Crippen LogP contribution in [0.25, 0.3) is 11.3 Å². The first-order chi connectivity index (χ1) is 6.90. The van der Waals surface area contributed by atoms with E-state index in [9.17, 15) is 0 Å². The number of nitrogens with one attached hydrogen (secondary N) is 1. The number of nitrogens with zero attached hydrogens (tertiary/aromatic N) is 1. The fourth-order valence-electron chi connectivity index (χ4n) is 1.42. The first-order valence-corrected chi connectivity index (χ1v) is 4.69. The molecule has 2 aromatic rings. The van der Waals surface area contributed by atoms with Crippen molar-refractivity contribution in [2.24, 2.45) is 5.73 Å². The molecule has 0 amide bonds. The van der Waals surface area contributed by atoms with E-state index in [0.717, 1.165) is 23.4 Å². The van der Waals surface area contributed by atoms with Crippen molar-refractivity contribution in [3.8, 4) is 11.3 Å².